The second-order valence-electron chi connectivity index (χ2n) is 5.32. The average molecular weight is 279 g/mol. The van der Waals surface area contributed by atoms with E-state index in [0.717, 1.165) is 42.5 Å². The van der Waals surface area contributed by atoms with Crippen molar-refractivity contribution in [1.29, 1.82) is 0 Å². The molecule has 0 fully saturated rings. The molecule has 0 aromatic heterocycles. The molecule has 0 aliphatic carbocycles. The van der Waals surface area contributed by atoms with E-state index in [4.69, 9.17) is 0 Å². The van der Waals surface area contributed by atoms with Crippen LogP contribution in [0.3, 0.4) is 0 Å². The molecule has 0 spiro atoms. The smallest absolute Gasteiger partial charge is 0.223 e. The quantitative estimate of drug-likeness (QED) is 0.789. The van der Waals surface area contributed by atoms with E-state index < -0.39 is 0 Å². The van der Waals surface area contributed by atoms with E-state index in [2.05, 4.69) is 6.07 Å². The fraction of sp³-hybridized carbons (Fsp3) is 0.222. The van der Waals surface area contributed by atoms with Crippen molar-refractivity contribution in [2.45, 2.75) is 19.8 Å². The molecule has 0 unspecified atom stereocenters. The SMILES string of the molecule is CC(=O)N1CCCc2cc(-c3ccccc3C=O)ccc21. The predicted molar refractivity (Wildman–Crippen MR) is 83.6 cm³/mol. The first kappa shape index (κ1) is 13.6. The van der Waals surface area contributed by atoms with Gasteiger partial charge < -0.3 is 4.90 Å². The maximum Gasteiger partial charge on any atom is 0.223 e. The number of hydrogen-bond acceptors (Lipinski definition) is 2. The van der Waals surface area contributed by atoms with Crippen LogP contribution in [-0.4, -0.2) is 18.7 Å². The molecule has 3 heteroatoms. The maximum absolute atomic E-state index is 11.7. The molecule has 0 N–H and O–H groups in total. The monoisotopic (exact) mass is 279 g/mol. The zero-order valence-corrected chi connectivity index (χ0v) is 12.0. The molecule has 1 amide bonds. The highest BCUT2D eigenvalue weighted by molar-refractivity contribution is 5.94. The van der Waals surface area contributed by atoms with Crippen LogP contribution in [0.4, 0.5) is 5.69 Å². The van der Waals surface area contributed by atoms with Crippen LogP contribution in [-0.2, 0) is 11.2 Å². The van der Waals surface area contributed by atoms with E-state index in [1.54, 1.807) is 6.92 Å². The first-order chi connectivity index (χ1) is 10.2. The van der Waals surface area contributed by atoms with Gasteiger partial charge in [-0.05, 0) is 41.7 Å². The molecule has 0 atom stereocenters. The summed E-state index contributed by atoms with van der Waals surface area (Å²) in [5, 5.41) is 0. The molecule has 3 nitrogen and oxygen atoms in total. The number of anilines is 1. The first-order valence-corrected chi connectivity index (χ1v) is 7.16. The van der Waals surface area contributed by atoms with Crippen molar-refractivity contribution in [1.82, 2.24) is 0 Å². The molecule has 0 saturated heterocycles. The molecule has 0 radical (unpaired) electrons. The Morgan fingerprint density at radius 3 is 2.76 bits per heavy atom. The topological polar surface area (TPSA) is 37.4 Å². The van der Waals surface area contributed by atoms with Gasteiger partial charge in [0.05, 0.1) is 0 Å². The number of aldehydes is 1. The standard InChI is InChI=1S/C18H17NO2/c1-13(21)19-10-4-6-15-11-14(8-9-18(15)19)17-7-3-2-5-16(17)12-20/h2-3,5,7-9,11-12H,4,6,10H2,1H3. The third-order valence-corrected chi connectivity index (χ3v) is 3.98. The summed E-state index contributed by atoms with van der Waals surface area (Å²) in [6, 6.07) is 13.7. The zero-order chi connectivity index (χ0) is 14.8. The van der Waals surface area contributed by atoms with Crippen molar-refractivity contribution in [3.05, 3.63) is 53.6 Å². The van der Waals surface area contributed by atoms with Crippen LogP contribution in [0, 0.1) is 0 Å². The van der Waals surface area contributed by atoms with Crippen molar-refractivity contribution in [2.75, 3.05) is 11.4 Å². The number of carbonyl (C=O) groups excluding carboxylic acids is 2. The molecule has 1 aliphatic rings. The summed E-state index contributed by atoms with van der Waals surface area (Å²) in [5.74, 6) is 0.0805. The maximum atomic E-state index is 11.7. The Morgan fingerprint density at radius 1 is 1.19 bits per heavy atom. The lowest BCUT2D eigenvalue weighted by Crippen LogP contribution is -2.33. The van der Waals surface area contributed by atoms with Crippen LogP contribution in [0.25, 0.3) is 11.1 Å². The Labute approximate surface area is 124 Å². The third kappa shape index (κ3) is 2.47. The average Bonchev–Trinajstić information content (AvgIpc) is 2.53. The number of aryl methyl sites for hydroxylation is 1. The summed E-state index contributed by atoms with van der Waals surface area (Å²) < 4.78 is 0. The van der Waals surface area contributed by atoms with E-state index in [0.29, 0.717) is 5.56 Å². The van der Waals surface area contributed by atoms with Crippen molar-refractivity contribution in [3.63, 3.8) is 0 Å². The molecule has 106 valence electrons. The Kier molecular flexibility index (Phi) is 3.57. The van der Waals surface area contributed by atoms with Crippen LogP contribution in [0.2, 0.25) is 0 Å². The van der Waals surface area contributed by atoms with E-state index in [-0.39, 0.29) is 5.91 Å². The van der Waals surface area contributed by atoms with Gasteiger partial charge >= 0.3 is 0 Å². The number of amides is 1. The van der Waals surface area contributed by atoms with Crippen molar-refractivity contribution < 1.29 is 9.59 Å². The van der Waals surface area contributed by atoms with Gasteiger partial charge in [0.2, 0.25) is 5.91 Å². The molecular weight excluding hydrogens is 262 g/mol. The highest BCUT2D eigenvalue weighted by atomic mass is 16.2. The summed E-state index contributed by atoms with van der Waals surface area (Å²) in [6.45, 7) is 2.39. The Bertz CT molecular complexity index is 706. The number of nitrogens with zero attached hydrogens (tertiary/aromatic N) is 1. The van der Waals surface area contributed by atoms with Gasteiger partial charge in [-0.3, -0.25) is 9.59 Å². The minimum atomic E-state index is 0.0805. The second kappa shape index (κ2) is 5.52. The van der Waals surface area contributed by atoms with Crippen LogP contribution in [0.5, 0.6) is 0 Å². The lowest BCUT2D eigenvalue weighted by atomic mass is 9.94. The zero-order valence-electron chi connectivity index (χ0n) is 12.0. The van der Waals surface area contributed by atoms with Crippen LogP contribution < -0.4 is 4.90 Å². The van der Waals surface area contributed by atoms with E-state index in [1.165, 1.54) is 5.56 Å². The highest BCUT2D eigenvalue weighted by Crippen LogP contribution is 2.32. The summed E-state index contributed by atoms with van der Waals surface area (Å²) in [5.41, 5.74) is 4.84. The number of carbonyl (C=O) groups is 2. The van der Waals surface area contributed by atoms with Gasteiger partial charge in [-0.15, -0.1) is 0 Å². The molecule has 2 aromatic rings. The summed E-state index contributed by atoms with van der Waals surface area (Å²) >= 11 is 0. The highest BCUT2D eigenvalue weighted by Gasteiger charge is 2.20. The largest absolute Gasteiger partial charge is 0.312 e. The minimum Gasteiger partial charge on any atom is -0.312 e. The molecule has 2 aromatic carbocycles. The molecule has 3 rings (SSSR count). The van der Waals surface area contributed by atoms with Crippen molar-refractivity contribution in [2.24, 2.45) is 0 Å². The summed E-state index contributed by atoms with van der Waals surface area (Å²) in [7, 11) is 0. The number of benzene rings is 2. The normalized spacial score (nSPS) is 13.7. The Morgan fingerprint density at radius 2 is 2.00 bits per heavy atom. The van der Waals surface area contributed by atoms with Crippen molar-refractivity contribution >= 4 is 17.9 Å². The number of fused-ring (bicyclic) bond motifs is 1. The molecule has 1 aliphatic heterocycles. The fourth-order valence-corrected chi connectivity index (χ4v) is 2.95. The number of hydrogen-bond donors (Lipinski definition) is 0. The molecule has 21 heavy (non-hydrogen) atoms. The van der Waals surface area contributed by atoms with Gasteiger partial charge in [-0.1, -0.05) is 30.3 Å². The lowest BCUT2D eigenvalue weighted by molar-refractivity contribution is -0.116. The molecule has 0 bridgehead atoms. The van der Waals surface area contributed by atoms with E-state index in [9.17, 15) is 9.59 Å². The van der Waals surface area contributed by atoms with Crippen LogP contribution in [0.1, 0.15) is 29.3 Å². The van der Waals surface area contributed by atoms with E-state index >= 15 is 0 Å². The van der Waals surface area contributed by atoms with E-state index in [1.807, 2.05) is 41.3 Å². The summed E-state index contributed by atoms with van der Waals surface area (Å²) in [4.78, 5) is 24.7. The van der Waals surface area contributed by atoms with Crippen LogP contribution in [0.15, 0.2) is 42.5 Å². The Hall–Kier alpha value is -2.42. The second-order valence-corrected chi connectivity index (χ2v) is 5.32. The van der Waals surface area contributed by atoms with Gasteiger partial charge in [-0.2, -0.15) is 0 Å². The van der Waals surface area contributed by atoms with Crippen LogP contribution >= 0.6 is 0 Å². The molecule has 0 saturated carbocycles. The lowest BCUT2D eigenvalue weighted by Gasteiger charge is -2.29. The first-order valence-electron chi connectivity index (χ1n) is 7.16. The van der Waals surface area contributed by atoms with Gasteiger partial charge in [0, 0.05) is 24.7 Å². The predicted octanol–water partition coefficient (Wildman–Crippen LogP) is 3.47. The minimum absolute atomic E-state index is 0.0805. The van der Waals surface area contributed by atoms with Gasteiger partial charge in [0.15, 0.2) is 6.29 Å². The molecular formula is C18H17NO2. The summed E-state index contributed by atoms with van der Waals surface area (Å²) in [6.07, 6.45) is 2.83. The third-order valence-electron chi connectivity index (χ3n) is 3.98. The Balaban J connectivity index is 2.07. The van der Waals surface area contributed by atoms with Gasteiger partial charge in [-0.25, -0.2) is 0 Å². The molecule has 1 heterocycles. The van der Waals surface area contributed by atoms with Gasteiger partial charge in [0.1, 0.15) is 0 Å². The van der Waals surface area contributed by atoms with Gasteiger partial charge in [0.25, 0.3) is 0 Å². The number of rotatable bonds is 2. The fourth-order valence-electron chi connectivity index (χ4n) is 2.95. The van der Waals surface area contributed by atoms with Crippen molar-refractivity contribution in [3.8, 4) is 11.1 Å².